The third kappa shape index (κ3) is 3.42. The van der Waals surface area contributed by atoms with Crippen LogP contribution in [0.15, 0.2) is 24.3 Å². The summed E-state index contributed by atoms with van der Waals surface area (Å²) >= 11 is 0. The molecule has 1 aromatic rings. The smallest absolute Gasteiger partial charge is 0.188 e. The van der Waals surface area contributed by atoms with Crippen LogP contribution in [-0.2, 0) is 4.74 Å². The quantitative estimate of drug-likeness (QED) is 0.546. The Bertz CT molecular complexity index is 355. The maximum atomic E-state index is 12.6. The van der Waals surface area contributed by atoms with E-state index >= 15 is 0 Å². The third-order valence-electron chi connectivity index (χ3n) is 2.77. The number of rotatable bonds is 6. The van der Waals surface area contributed by atoms with Crippen LogP contribution in [0.2, 0.25) is 0 Å². The van der Waals surface area contributed by atoms with Gasteiger partial charge < -0.3 is 4.74 Å². The molecule has 16 heavy (non-hydrogen) atoms. The molecule has 2 rings (SSSR count). The highest BCUT2D eigenvalue weighted by Gasteiger charge is 2.20. The summed E-state index contributed by atoms with van der Waals surface area (Å²) in [6.45, 7) is 0.746. The average Bonchev–Trinajstić information content (AvgIpc) is 3.09. The van der Waals surface area contributed by atoms with Crippen molar-refractivity contribution in [3.8, 4) is 0 Å². The van der Waals surface area contributed by atoms with Crippen LogP contribution in [0.4, 0.5) is 4.39 Å². The Morgan fingerprint density at radius 3 is 2.62 bits per heavy atom. The largest absolute Gasteiger partial charge is 0.373 e. The van der Waals surface area contributed by atoms with Gasteiger partial charge in [0.25, 0.3) is 0 Å². The van der Waals surface area contributed by atoms with Crippen molar-refractivity contribution in [2.24, 2.45) is 5.92 Å². The molecule has 3 heteroatoms. The van der Waals surface area contributed by atoms with E-state index < -0.39 is 0 Å². The molecule has 1 aromatic carbocycles. The van der Waals surface area contributed by atoms with Crippen LogP contribution >= 0.6 is 0 Å². The summed E-state index contributed by atoms with van der Waals surface area (Å²) in [5, 5.41) is 0. The van der Waals surface area contributed by atoms with Gasteiger partial charge >= 0.3 is 0 Å². The summed E-state index contributed by atoms with van der Waals surface area (Å²) in [7, 11) is 0. The van der Waals surface area contributed by atoms with Crippen molar-refractivity contribution >= 4 is 5.78 Å². The van der Waals surface area contributed by atoms with Crippen molar-refractivity contribution in [3.63, 3.8) is 0 Å². The number of hydrogen-bond donors (Lipinski definition) is 0. The van der Waals surface area contributed by atoms with Gasteiger partial charge in [-0.2, -0.15) is 0 Å². The Hall–Kier alpha value is -1.22. The van der Waals surface area contributed by atoms with Gasteiger partial charge in [0, 0.05) is 12.2 Å². The molecule has 0 unspecified atom stereocenters. The van der Waals surface area contributed by atoms with Crippen molar-refractivity contribution in [2.75, 3.05) is 13.2 Å². The summed E-state index contributed by atoms with van der Waals surface area (Å²) < 4.78 is 17.9. The maximum Gasteiger partial charge on any atom is 0.188 e. The average molecular weight is 222 g/mol. The molecule has 0 aliphatic heterocycles. The van der Waals surface area contributed by atoms with E-state index in [9.17, 15) is 9.18 Å². The minimum Gasteiger partial charge on any atom is -0.373 e. The Morgan fingerprint density at radius 1 is 1.31 bits per heavy atom. The first-order valence-corrected chi connectivity index (χ1v) is 5.62. The second kappa shape index (κ2) is 5.21. The zero-order valence-electron chi connectivity index (χ0n) is 9.12. The fourth-order valence-corrected chi connectivity index (χ4v) is 1.54. The highest BCUT2D eigenvalue weighted by atomic mass is 19.1. The fraction of sp³-hybridized carbons (Fsp3) is 0.462. The summed E-state index contributed by atoms with van der Waals surface area (Å²) in [5.74, 6) is 0.405. The summed E-state index contributed by atoms with van der Waals surface area (Å²) in [6.07, 6.45) is 3.65. The highest BCUT2D eigenvalue weighted by molar-refractivity contribution is 5.96. The molecule has 0 amide bonds. The standard InChI is InChI=1S/C13H15FO2/c14-12-5-3-11(4-6-12)13(15)9-16-8-7-10-1-2-10/h3-6,10H,1-2,7-9H2. The lowest BCUT2D eigenvalue weighted by Gasteiger charge is -2.03. The van der Waals surface area contributed by atoms with Crippen molar-refractivity contribution in [3.05, 3.63) is 35.6 Å². The third-order valence-corrected chi connectivity index (χ3v) is 2.77. The first-order chi connectivity index (χ1) is 7.75. The first kappa shape index (κ1) is 11.3. The molecule has 1 aliphatic carbocycles. The Kier molecular flexibility index (Phi) is 3.67. The van der Waals surface area contributed by atoms with Gasteiger partial charge in [0.1, 0.15) is 12.4 Å². The van der Waals surface area contributed by atoms with Crippen LogP contribution in [0, 0.1) is 11.7 Å². The van der Waals surface area contributed by atoms with E-state index in [2.05, 4.69) is 0 Å². The molecule has 0 aromatic heterocycles. The van der Waals surface area contributed by atoms with Gasteiger partial charge in [0.2, 0.25) is 0 Å². The highest BCUT2D eigenvalue weighted by Crippen LogP contribution is 2.32. The van der Waals surface area contributed by atoms with Crippen LogP contribution in [0.1, 0.15) is 29.6 Å². The number of halogens is 1. The van der Waals surface area contributed by atoms with Gasteiger partial charge in [-0.25, -0.2) is 4.39 Å². The molecule has 2 nitrogen and oxygen atoms in total. The molecule has 0 atom stereocenters. The van der Waals surface area contributed by atoms with E-state index in [1.54, 1.807) is 0 Å². The van der Waals surface area contributed by atoms with E-state index in [1.165, 1.54) is 37.1 Å². The lowest BCUT2D eigenvalue weighted by molar-refractivity contribution is 0.0748. The predicted octanol–water partition coefficient (Wildman–Crippen LogP) is 2.83. The van der Waals surface area contributed by atoms with Crippen LogP contribution in [0.25, 0.3) is 0 Å². The van der Waals surface area contributed by atoms with Gasteiger partial charge in [-0.3, -0.25) is 4.79 Å². The van der Waals surface area contributed by atoms with Gasteiger partial charge in [0.15, 0.2) is 5.78 Å². The van der Waals surface area contributed by atoms with E-state index in [-0.39, 0.29) is 18.2 Å². The van der Waals surface area contributed by atoms with E-state index in [0.717, 1.165) is 12.3 Å². The number of Topliss-reactive ketones (excluding diaryl/α,β-unsaturated/α-hetero) is 1. The lowest BCUT2D eigenvalue weighted by atomic mass is 10.1. The molecule has 1 fully saturated rings. The Balaban J connectivity index is 1.71. The lowest BCUT2D eigenvalue weighted by Crippen LogP contribution is -2.10. The second-order valence-electron chi connectivity index (χ2n) is 4.21. The molecule has 0 N–H and O–H groups in total. The predicted molar refractivity (Wildman–Crippen MR) is 58.9 cm³/mol. The number of carbonyl (C=O) groups excluding carboxylic acids is 1. The van der Waals surface area contributed by atoms with E-state index in [0.29, 0.717) is 12.2 Å². The molecule has 0 spiro atoms. The van der Waals surface area contributed by atoms with Gasteiger partial charge in [-0.05, 0) is 36.6 Å². The number of carbonyl (C=O) groups is 1. The maximum absolute atomic E-state index is 12.6. The SMILES string of the molecule is O=C(COCCC1CC1)c1ccc(F)cc1. The van der Waals surface area contributed by atoms with E-state index in [4.69, 9.17) is 4.74 Å². The monoisotopic (exact) mass is 222 g/mol. The minimum absolute atomic E-state index is 0.0872. The van der Waals surface area contributed by atoms with E-state index in [1.807, 2.05) is 0 Å². The van der Waals surface area contributed by atoms with Crippen molar-refractivity contribution in [1.29, 1.82) is 0 Å². The molecule has 86 valence electrons. The van der Waals surface area contributed by atoms with Crippen molar-refractivity contribution in [1.82, 2.24) is 0 Å². The molecule has 1 aliphatic rings. The Labute approximate surface area is 94.4 Å². The number of hydrogen-bond acceptors (Lipinski definition) is 2. The Morgan fingerprint density at radius 2 is 2.00 bits per heavy atom. The van der Waals surface area contributed by atoms with Crippen LogP contribution in [0.3, 0.4) is 0 Å². The summed E-state index contributed by atoms with van der Waals surface area (Å²) in [4.78, 5) is 11.6. The molecule has 0 radical (unpaired) electrons. The normalized spacial score (nSPS) is 15.1. The van der Waals surface area contributed by atoms with Crippen LogP contribution in [-0.4, -0.2) is 19.0 Å². The van der Waals surface area contributed by atoms with Crippen LogP contribution in [0.5, 0.6) is 0 Å². The minimum atomic E-state index is -0.328. The molecule has 1 saturated carbocycles. The fourth-order valence-electron chi connectivity index (χ4n) is 1.54. The number of ether oxygens (including phenoxy) is 1. The number of ketones is 1. The topological polar surface area (TPSA) is 26.3 Å². The van der Waals surface area contributed by atoms with Crippen molar-refractivity contribution < 1.29 is 13.9 Å². The van der Waals surface area contributed by atoms with Crippen molar-refractivity contribution in [2.45, 2.75) is 19.3 Å². The zero-order chi connectivity index (χ0) is 11.4. The second-order valence-corrected chi connectivity index (χ2v) is 4.21. The molecular weight excluding hydrogens is 207 g/mol. The molecule has 0 heterocycles. The molecular formula is C13H15FO2. The van der Waals surface area contributed by atoms with Crippen LogP contribution < -0.4 is 0 Å². The summed E-state index contributed by atoms with van der Waals surface area (Å²) in [5.41, 5.74) is 0.507. The van der Waals surface area contributed by atoms with Gasteiger partial charge in [0.05, 0.1) is 0 Å². The number of benzene rings is 1. The summed E-state index contributed by atoms with van der Waals surface area (Å²) in [6, 6.07) is 5.55. The van der Waals surface area contributed by atoms with Gasteiger partial charge in [-0.1, -0.05) is 12.8 Å². The first-order valence-electron chi connectivity index (χ1n) is 5.62. The molecule has 0 saturated heterocycles. The van der Waals surface area contributed by atoms with Gasteiger partial charge in [-0.15, -0.1) is 0 Å². The molecule has 0 bridgehead atoms. The zero-order valence-corrected chi connectivity index (χ0v) is 9.12.